The van der Waals surface area contributed by atoms with E-state index in [2.05, 4.69) is 23.1 Å². The number of rotatable bonds is 5. The molecule has 0 heterocycles. The number of amides is 2. The molecule has 0 saturated heterocycles. The maximum absolute atomic E-state index is 11.3. The van der Waals surface area contributed by atoms with E-state index in [1.54, 1.807) is 0 Å². The quantitative estimate of drug-likeness (QED) is 0.390. The summed E-state index contributed by atoms with van der Waals surface area (Å²) in [5.74, 6) is -0.0702. The van der Waals surface area contributed by atoms with Crippen molar-refractivity contribution in [3.63, 3.8) is 0 Å². The third kappa shape index (κ3) is 6.21. The molecule has 96 valence electrons. The summed E-state index contributed by atoms with van der Waals surface area (Å²) >= 11 is 4.87. The lowest BCUT2D eigenvalue weighted by Gasteiger charge is -2.10. The molecule has 0 bridgehead atoms. The maximum Gasteiger partial charge on any atom is 0.238 e. The first-order valence-corrected chi connectivity index (χ1v) is 6.44. The third-order valence-electron chi connectivity index (χ3n) is 2.51. The van der Waals surface area contributed by atoms with Gasteiger partial charge in [0.1, 0.15) is 0 Å². The van der Waals surface area contributed by atoms with Gasteiger partial charge in [-0.25, -0.2) is 0 Å². The molecule has 17 heavy (non-hydrogen) atoms. The molecule has 0 spiro atoms. The molecule has 0 aromatic carbocycles. The van der Waals surface area contributed by atoms with E-state index in [9.17, 15) is 9.59 Å². The lowest BCUT2D eigenvalue weighted by atomic mass is 10.2. The molecular weight excluding hydrogens is 238 g/mol. The highest BCUT2D eigenvalue weighted by Gasteiger charge is 2.29. The van der Waals surface area contributed by atoms with Crippen LogP contribution in [0.3, 0.4) is 0 Å². The van der Waals surface area contributed by atoms with Gasteiger partial charge in [-0.3, -0.25) is 20.4 Å². The number of hydrogen-bond donors (Lipinski definition) is 3. The van der Waals surface area contributed by atoms with Crippen molar-refractivity contribution in [2.45, 2.75) is 45.4 Å². The van der Waals surface area contributed by atoms with Crippen LogP contribution in [0.2, 0.25) is 0 Å². The molecule has 0 unspecified atom stereocenters. The highest BCUT2D eigenvalue weighted by molar-refractivity contribution is 7.80. The second-order valence-corrected chi connectivity index (χ2v) is 4.63. The lowest BCUT2D eigenvalue weighted by molar-refractivity contribution is -0.122. The Kier molecular flexibility index (Phi) is 5.90. The van der Waals surface area contributed by atoms with Crippen LogP contribution in [0, 0.1) is 5.92 Å². The van der Waals surface area contributed by atoms with Gasteiger partial charge in [-0.05, 0) is 31.5 Å². The van der Waals surface area contributed by atoms with E-state index < -0.39 is 0 Å². The van der Waals surface area contributed by atoms with Crippen molar-refractivity contribution >= 4 is 29.1 Å². The number of nitrogens with one attached hydrogen (secondary N) is 3. The van der Waals surface area contributed by atoms with Crippen LogP contribution in [-0.2, 0) is 9.59 Å². The number of hydrogen-bond acceptors (Lipinski definition) is 3. The molecule has 1 aliphatic rings. The van der Waals surface area contributed by atoms with Crippen molar-refractivity contribution < 1.29 is 9.59 Å². The van der Waals surface area contributed by atoms with Crippen molar-refractivity contribution in [2.75, 3.05) is 0 Å². The highest BCUT2D eigenvalue weighted by Crippen LogP contribution is 2.28. The standard InChI is InChI=1S/C11H19N3O2S/c1-2-3-4-5-9(15)13-14-11(17)12-10(16)8-6-7-8/h8H,2-7H2,1H3,(H,13,15)(H2,12,14,16,17). The second kappa shape index (κ2) is 7.21. The van der Waals surface area contributed by atoms with E-state index in [4.69, 9.17) is 12.2 Å². The van der Waals surface area contributed by atoms with Gasteiger partial charge in [0.25, 0.3) is 0 Å². The molecule has 1 aliphatic carbocycles. The smallest absolute Gasteiger partial charge is 0.238 e. The van der Waals surface area contributed by atoms with Crippen LogP contribution in [0.1, 0.15) is 45.4 Å². The Hall–Kier alpha value is -1.17. The third-order valence-corrected chi connectivity index (χ3v) is 2.71. The van der Waals surface area contributed by atoms with Crippen molar-refractivity contribution in [2.24, 2.45) is 5.92 Å². The van der Waals surface area contributed by atoms with Crippen LogP contribution < -0.4 is 16.2 Å². The Balaban J connectivity index is 2.05. The van der Waals surface area contributed by atoms with Gasteiger partial charge in [0, 0.05) is 12.3 Å². The molecule has 2 amide bonds. The molecule has 0 radical (unpaired) electrons. The molecule has 0 aliphatic heterocycles. The zero-order chi connectivity index (χ0) is 12.7. The van der Waals surface area contributed by atoms with Crippen LogP contribution in [0.4, 0.5) is 0 Å². The van der Waals surface area contributed by atoms with Gasteiger partial charge < -0.3 is 5.32 Å². The summed E-state index contributed by atoms with van der Waals surface area (Å²) in [4.78, 5) is 22.6. The summed E-state index contributed by atoms with van der Waals surface area (Å²) in [6.07, 6.45) is 5.31. The first kappa shape index (κ1) is 13.9. The zero-order valence-corrected chi connectivity index (χ0v) is 10.9. The van der Waals surface area contributed by atoms with Gasteiger partial charge >= 0.3 is 0 Å². The lowest BCUT2D eigenvalue weighted by Crippen LogP contribution is -2.48. The Morgan fingerprint density at radius 1 is 1.24 bits per heavy atom. The van der Waals surface area contributed by atoms with E-state index in [1.165, 1.54) is 0 Å². The fourth-order valence-corrected chi connectivity index (χ4v) is 1.47. The van der Waals surface area contributed by atoms with Crippen molar-refractivity contribution in [1.29, 1.82) is 0 Å². The number of thiocarbonyl (C=S) groups is 1. The normalized spacial score (nSPS) is 13.9. The first-order valence-electron chi connectivity index (χ1n) is 6.03. The number of hydrazine groups is 1. The summed E-state index contributed by atoms with van der Waals surface area (Å²) < 4.78 is 0. The zero-order valence-electron chi connectivity index (χ0n) is 10.0. The van der Waals surface area contributed by atoms with Gasteiger partial charge in [0.15, 0.2) is 5.11 Å². The minimum atomic E-state index is -0.110. The van der Waals surface area contributed by atoms with E-state index in [0.717, 1.165) is 32.1 Å². The monoisotopic (exact) mass is 257 g/mol. The fourth-order valence-electron chi connectivity index (χ4n) is 1.32. The molecule has 3 N–H and O–H groups in total. The van der Waals surface area contributed by atoms with Crippen LogP contribution in [0.5, 0.6) is 0 Å². The SMILES string of the molecule is CCCCCC(=O)NNC(=S)NC(=O)C1CC1. The summed E-state index contributed by atoms with van der Waals surface area (Å²) in [6.45, 7) is 2.08. The van der Waals surface area contributed by atoms with Gasteiger partial charge in [-0.15, -0.1) is 0 Å². The second-order valence-electron chi connectivity index (χ2n) is 4.22. The van der Waals surface area contributed by atoms with E-state index in [0.29, 0.717) is 6.42 Å². The molecule has 5 nitrogen and oxygen atoms in total. The van der Waals surface area contributed by atoms with E-state index in [1.807, 2.05) is 0 Å². The summed E-state index contributed by atoms with van der Waals surface area (Å²) in [7, 11) is 0. The Bertz CT molecular complexity index is 303. The number of carbonyl (C=O) groups is 2. The fraction of sp³-hybridized carbons (Fsp3) is 0.727. The predicted molar refractivity (Wildman–Crippen MR) is 68.9 cm³/mol. The Labute approximate surface area is 107 Å². The molecule has 1 saturated carbocycles. The Morgan fingerprint density at radius 2 is 1.94 bits per heavy atom. The molecule has 6 heteroatoms. The van der Waals surface area contributed by atoms with Gasteiger partial charge in [-0.1, -0.05) is 19.8 Å². The van der Waals surface area contributed by atoms with Crippen LogP contribution in [0.25, 0.3) is 0 Å². The summed E-state index contributed by atoms with van der Waals surface area (Å²) in [5.41, 5.74) is 4.98. The first-order chi connectivity index (χ1) is 8.13. The molecule has 0 aromatic rings. The largest absolute Gasteiger partial charge is 0.302 e. The molecule has 0 atom stereocenters. The van der Waals surface area contributed by atoms with Crippen molar-refractivity contribution in [1.82, 2.24) is 16.2 Å². The topological polar surface area (TPSA) is 70.2 Å². The predicted octanol–water partition coefficient (Wildman–Crippen LogP) is 0.999. The molecule has 1 fully saturated rings. The minimum absolute atomic E-state index is 0.0669. The molecular formula is C11H19N3O2S. The van der Waals surface area contributed by atoms with E-state index in [-0.39, 0.29) is 22.8 Å². The average Bonchev–Trinajstić information content (AvgIpc) is 3.10. The van der Waals surface area contributed by atoms with Crippen LogP contribution in [0.15, 0.2) is 0 Å². The highest BCUT2D eigenvalue weighted by atomic mass is 32.1. The van der Waals surface area contributed by atoms with Gasteiger partial charge in [0.2, 0.25) is 11.8 Å². The van der Waals surface area contributed by atoms with Crippen LogP contribution in [-0.4, -0.2) is 16.9 Å². The van der Waals surface area contributed by atoms with Gasteiger partial charge in [-0.2, -0.15) is 0 Å². The number of unbranched alkanes of at least 4 members (excludes halogenated alkanes) is 2. The summed E-state index contributed by atoms with van der Waals surface area (Å²) in [6, 6.07) is 0. The van der Waals surface area contributed by atoms with Gasteiger partial charge in [0.05, 0.1) is 0 Å². The maximum atomic E-state index is 11.3. The Morgan fingerprint density at radius 3 is 2.53 bits per heavy atom. The summed E-state index contributed by atoms with van der Waals surface area (Å²) in [5, 5.41) is 2.69. The number of carbonyl (C=O) groups excluding carboxylic acids is 2. The molecule has 1 rings (SSSR count). The molecule has 0 aromatic heterocycles. The van der Waals surface area contributed by atoms with E-state index >= 15 is 0 Å². The van der Waals surface area contributed by atoms with Crippen LogP contribution >= 0.6 is 12.2 Å². The minimum Gasteiger partial charge on any atom is -0.302 e. The average molecular weight is 257 g/mol. The van der Waals surface area contributed by atoms with Crippen molar-refractivity contribution in [3.05, 3.63) is 0 Å². The van der Waals surface area contributed by atoms with Crippen molar-refractivity contribution in [3.8, 4) is 0 Å².